The summed E-state index contributed by atoms with van der Waals surface area (Å²) in [6.45, 7) is 5.53. The van der Waals surface area contributed by atoms with Crippen molar-refractivity contribution >= 4 is 38.7 Å². The summed E-state index contributed by atoms with van der Waals surface area (Å²) in [5, 5.41) is 15.7. The van der Waals surface area contributed by atoms with E-state index in [9.17, 15) is 36.3 Å². The zero-order chi connectivity index (χ0) is 24.6. The summed E-state index contributed by atoms with van der Waals surface area (Å²) < 4.78 is 65.1. The molecule has 0 aliphatic heterocycles. The minimum Gasteiger partial charge on any atom is -0.460 e. The minimum absolute atomic E-state index is 0.0629. The average molecular weight is 477 g/mol. The van der Waals surface area contributed by atoms with Crippen LogP contribution in [0.1, 0.15) is 26.3 Å². The van der Waals surface area contributed by atoms with E-state index < -0.39 is 38.0 Å². The van der Waals surface area contributed by atoms with Crippen LogP contribution >= 0.6 is 0 Å². The van der Waals surface area contributed by atoms with Crippen LogP contribution in [-0.2, 0) is 10.0 Å². The predicted octanol–water partition coefficient (Wildman–Crippen LogP) is 2.32. The maximum Gasteiger partial charge on any atom is 0.516 e. The number of rotatable bonds is 8. The number of aliphatic hydroxyl groups is 1. The predicted molar refractivity (Wildman–Crippen MR) is 116 cm³/mol. The van der Waals surface area contributed by atoms with E-state index in [-0.39, 0.29) is 34.6 Å². The van der Waals surface area contributed by atoms with E-state index in [0.717, 1.165) is 4.58 Å². The molecular weight excluding hydrogens is 453 g/mol. The molecule has 9 nitrogen and oxygen atoms in total. The molecule has 2 aromatic rings. The summed E-state index contributed by atoms with van der Waals surface area (Å²) >= 11 is 0. The number of halogens is 3. The van der Waals surface area contributed by atoms with Crippen LogP contribution in [0.3, 0.4) is 0 Å². The van der Waals surface area contributed by atoms with Gasteiger partial charge >= 0.3 is 21.4 Å². The lowest BCUT2D eigenvalue weighted by Crippen LogP contribution is -2.39. The lowest BCUT2D eigenvalue weighted by molar-refractivity contribution is -0.472. The van der Waals surface area contributed by atoms with Crippen molar-refractivity contribution in [2.45, 2.75) is 32.3 Å². The van der Waals surface area contributed by atoms with Crippen LogP contribution in [0, 0.1) is 5.92 Å². The first-order valence-electron chi connectivity index (χ1n) is 9.41. The smallest absolute Gasteiger partial charge is 0.460 e. The zero-order valence-electron chi connectivity index (χ0n) is 18.0. The molecule has 2 rings (SSSR count). The van der Waals surface area contributed by atoms with Crippen LogP contribution in [0.2, 0.25) is 0 Å². The van der Waals surface area contributed by atoms with E-state index in [4.69, 9.17) is 0 Å². The molecule has 0 bridgehead atoms. The topological polar surface area (TPSA) is 128 Å². The molecule has 1 atom stereocenters. The van der Waals surface area contributed by atoms with Gasteiger partial charge in [-0.2, -0.15) is 21.6 Å². The van der Waals surface area contributed by atoms with Gasteiger partial charge < -0.3 is 15.7 Å². The molecule has 0 spiro atoms. The molecule has 0 aromatic heterocycles. The Labute approximate surface area is 182 Å². The van der Waals surface area contributed by atoms with Gasteiger partial charge in [0.1, 0.15) is 31.0 Å². The number of alkyl halides is 3. The number of aliphatic hydroxyl groups excluding tert-OH is 1. The van der Waals surface area contributed by atoms with Crippen molar-refractivity contribution in [1.29, 1.82) is 0 Å². The highest BCUT2D eigenvalue weighted by molar-refractivity contribution is 7.93. The van der Waals surface area contributed by atoms with Gasteiger partial charge in [0.05, 0.1) is 11.4 Å². The van der Waals surface area contributed by atoms with Crippen molar-refractivity contribution in [2.24, 2.45) is 5.92 Å². The fourth-order valence-corrected chi connectivity index (χ4v) is 3.17. The van der Waals surface area contributed by atoms with Crippen molar-refractivity contribution in [2.75, 3.05) is 29.5 Å². The van der Waals surface area contributed by atoms with Crippen LogP contribution in [0.5, 0.6) is 0 Å². The first-order valence-corrected chi connectivity index (χ1v) is 10.9. The van der Waals surface area contributed by atoms with Gasteiger partial charge in [0.2, 0.25) is 0 Å². The van der Waals surface area contributed by atoms with Crippen molar-refractivity contribution in [1.82, 2.24) is 0 Å². The Morgan fingerprint density at radius 2 is 1.59 bits per heavy atom. The molecule has 0 saturated heterocycles. The molecule has 0 aliphatic rings. The third-order valence-electron chi connectivity index (χ3n) is 4.81. The number of anilines is 4. The highest BCUT2D eigenvalue weighted by atomic mass is 32.2. The van der Waals surface area contributed by atoms with Crippen LogP contribution in [0.25, 0.3) is 0 Å². The fourth-order valence-electron chi connectivity index (χ4n) is 2.56. The summed E-state index contributed by atoms with van der Waals surface area (Å²) in [5.41, 5.74) is -8.84. The van der Waals surface area contributed by atoms with Gasteiger partial charge in [-0.05, 0) is 25.0 Å². The molecule has 0 fully saturated rings. The Balaban J connectivity index is 2.63. The highest BCUT2D eigenvalue weighted by Crippen LogP contribution is 2.34. The fraction of sp³-hybridized carbons (Fsp3) is 0.421. The van der Waals surface area contributed by atoms with E-state index in [1.54, 1.807) is 6.92 Å². The molecule has 0 unspecified atom stereocenters. The first-order chi connectivity index (χ1) is 14.6. The molecule has 0 heterocycles. The number of nitrogens with zero attached hydrogens (tertiary/aromatic N) is 1. The van der Waals surface area contributed by atoms with E-state index in [2.05, 4.69) is 10.6 Å². The standard InChI is InChI=1S/C19H23F3N4O5S/c1-9(2)10(3)23-14-15(17(28)16(14)27)24-12-8-6-7-11(18(29)26(4)5)13(12)25-32(30,31)19(20,21)22/h6-10H,1-5H3,(H3,23,24,25,27,28,29)/p+1/t10-/m0/s1. The number of hydrogen-bond acceptors (Lipinski definition) is 6. The average Bonchev–Trinajstić information content (AvgIpc) is 2.69. The van der Waals surface area contributed by atoms with Crippen molar-refractivity contribution in [3.8, 4) is 0 Å². The lowest BCUT2D eigenvalue weighted by Gasteiger charge is -2.23. The molecule has 176 valence electrons. The molecule has 4 N–H and O–H groups in total. The highest BCUT2D eigenvalue weighted by Gasteiger charge is 2.47. The lowest BCUT2D eigenvalue weighted by atomic mass is 10.0. The molecule has 13 heteroatoms. The number of nitrogens with one attached hydrogen (secondary N) is 3. The van der Waals surface area contributed by atoms with E-state index in [0.29, 0.717) is 0 Å². The SMILES string of the molecule is CC(C)[C@H](C)Nc1c(Nc2cccc(C(O)=[N+](C)C)c2NS(=O)(=O)C(F)(F)F)c(=O)c1=O. The van der Waals surface area contributed by atoms with Gasteiger partial charge in [0.25, 0.3) is 10.9 Å². The Hall–Kier alpha value is -3.09. The Morgan fingerprint density at radius 3 is 2.09 bits per heavy atom. The summed E-state index contributed by atoms with van der Waals surface area (Å²) in [6, 6.07) is 3.52. The van der Waals surface area contributed by atoms with Crippen molar-refractivity contribution < 1.29 is 31.3 Å². The normalized spacial score (nSPS) is 13.2. The van der Waals surface area contributed by atoms with E-state index in [1.165, 1.54) is 37.0 Å². The molecular formula is C19H24F3N4O5S+. The molecule has 0 radical (unpaired) electrons. The maximum absolute atomic E-state index is 13.0. The third kappa shape index (κ3) is 4.87. The van der Waals surface area contributed by atoms with Crippen molar-refractivity contribution in [3.63, 3.8) is 0 Å². The number of benzene rings is 1. The van der Waals surface area contributed by atoms with Gasteiger partial charge in [0.15, 0.2) is 0 Å². The second-order valence-electron chi connectivity index (χ2n) is 7.71. The van der Waals surface area contributed by atoms with Crippen LogP contribution < -0.4 is 26.2 Å². The Kier molecular flexibility index (Phi) is 6.93. The second-order valence-corrected chi connectivity index (χ2v) is 9.38. The van der Waals surface area contributed by atoms with Crippen LogP contribution in [-0.4, -0.2) is 49.6 Å². The van der Waals surface area contributed by atoms with Gasteiger partial charge in [0, 0.05) is 6.04 Å². The molecule has 0 amide bonds. The van der Waals surface area contributed by atoms with Gasteiger partial charge in [-0.25, -0.2) is 4.58 Å². The molecule has 2 aromatic carbocycles. The monoisotopic (exact) mass is 477 g/mol. The summed E-state index contributed by atoms with van der Waals surface area (Å²) in [6.07, 6.45) is 0. The third-order valence-corrected chi connectivity index (χ3v) is 5.89. The Bertz CT molecular complexity index is 1220. The largest absolute Gasteiger partial charge is 0.516 e. The number of hydrogen-bond donors (Lipinski definition) is 4. The van der Waals surface area contributed by atoms with E-state index in [1.807, 2.05) is 13.8 Å². The summed E-state index contributed by atoms with van der Waals surface area (Å²) in [4.78, 5) is 24.1. The maximum atomic E-state index is 13.0. The van der Waals surface area contributed by atoms with Crippen molar-refractivity contribution in [3.05, 3.63) is 44.2 Å². The molecule has 32 heavy (non-hydrogen) atoms. The Morgan fingerprint density at radius 1 is 1.03 bits per heavy atom. The van der Waals surface area contributed by atoms with Gasteiger partial charge in [-0.1, -0.05) is 19.9 Å². The molecule has 0 saturated carbocycles. The second kappa shape index (κ2) is 8.81. The van der Waals surface area contributed by atoms with Gasteiger partial charge in [-0.3, -0.25) is 14.3 Å². The van der Waals surface area contributed by atoms with E-state index >= 15 is 0 Å². The number of sulfonamides is 1. The minimum atomic E-state index is -5.86. The quantitative estimate of drug-likeness (QED) is 0.199. The summed E-state index contributed by atoms with van der Waals surface area (Å²) in [7, 11) is -3.08. The van der Waals surface area contributed by atoms with Crippen LogP contribution in [0.4, 0.5) is 35.9 Å². The molecule has 0 aliphatic carbocycles. The van der Waals surface area contributed by atoms with Crippen LogP contribution in [0.15, 0.2) is 27.8 Å². The van der Waals surface area contributed by atoms with Gasteiger partial charge in [-0.15, -0.1) is 0 Å². The zero-order valence-corrected chi connectivity index (χ0v) is 18.8. The number of para-hydroxylation sites is 1. The summed E-state index contributed by atoms with van der Waals surface area (Å²) in [5.74, 6) is -0.443. The first kappa shape index (κ1) is 25.2.